The van der Waals surface area contributed by atoms with E-state index in [2.05, 4.69) is 10.3 Å². The Balaban J connectivity index is 1.45. The van der Waals surface area contributed by atoms with Gasteiger partial charge in [0.15, 0.2) is 16.6 Å². The number of rotatable bonds is 5. The third-order valence-electron chi connectivity index (χ3n) is 5.83. The second kappa shape index (κ2) is 7.91. The minimum Gasteiger partial charge on any atom is -0.493 e. The molecule has 2 aliphatic rings. The summed E-state index contributed by atoms with van der Waals surface area (Å²) in [5.41, 5.74) is 1.67. The first kappa shape index (κ1) is 18.9. The molecule has 2 fully saturated rings. The van der Waals surface area contributed by atoms with Crippen LogP contribution in [0.4, 0.5) is 5.13 Å². The number of hydrogen-bond donors (Lipinski definition) is 1. The summed E-state index contributed by atoms with van der Waals surface area (Å²) in [5, 5.41) is 5.45. The molecule has 0 radical (unpaired) electrons. The highest BCUT2D eigenvalue weighted by Gasteiger charge is 2.41. The highest BCUT2D eigenvalue weighted by atomic mass is 32.1. The van der Waals surface area contributed by atoms with E-state index in [9.17, 15) is 9.59 Å². The first-order valence-corrected chi connectivity index (χ1v) is 10.5. The Labute approximate surface area is 168 Å². The Morgan fingerprint density at radius 1 is 1.14 bits per heavy atom. The monoisotopic (exact) mass is 400 g/mol. The van der Waals surface area contributed by atoms with E-state index in [1.807, 2.05) is 23.6 Å². The van der Waals surface area contributed by atoms with Crippen molar-refractivity contribution in [3.05, 3.63) is 23.6 Å². The Kier molecular flexibility index (Phi) is 5.35. The van der Waals surface area contributed by atoms with Gasteiger partial charge in [-0.05, 0) is 43.9 Å². The van der Waals surface area contributed by atoms with Crippen LogP contribution in [-0.2, 0) is 9.59 Å². The quantitative estimate of drug-likeness (QED) is 0.815. The van der Waals surface area contributed by atoms with Crippen LogP contribution >= 0.6 is 11.3 Å². The molecule has 1 aromatic carbocycles. The van der Waals surface area contributed by atoms with Gasteiger partial charge in [-0.3, -0.25) is 9.59 Å². The highest BCUT2D eigenvalue weighted by Crippen LogP contribution is 2.40. The van der Waals surface area contributed by atoms with Crippen LogP contribution in [0.5, 0.6) is 11.5 Å². The topological polar surface area (TPSA) is 77.5 Å². The summed E-state index contributed by atoms with van der Waals surface area (Å²) in [4.78, 5) is 29.5. The van der Waals surface area contributed by atoms with Crippen molar-refractivity contribution < 1.29 is 19.1 Å². The van der Waals surface area contributed by atoms with Gasteiger partial charge in [-0.1, -0.05) is 6.42 Å². The molecule has 2 unspecified atom stereocenters. The van der Waals surface area contributed by atoms with E-state index in [0.29, 0.717) is 35.3 Å². The molecular formula is C21H24N2O4S. The summed E-state index contributed by atoms with van der Waals surface area (Å²) in [5.74, 6) is 1.70. The maximum Gasteiger partial charge on any atom is 0.229 e. The van der Waals surface area contributed by atoms with Gasteiger partial charge in [0, 0.05) is 28.7 Å². The van der Waals surface area contributed by atoms with Crippen LogP contribution in [0, 0.1) is 17.8 Å². The Hall–Kier alpha value is -2.41. The lowest BCUT2D eigenvalue weighted by Crippen LogP contribution is -2.40. The van der Waals surface area contributed by atoms with Crippen molar-refractivity contribution in [2.24, 2.45) is 17.8 Å². The number of methoxy groups -OCH3 is 2. The summed E-state index contributed by atoms with van der Waals surface area (Å²) in [6.07, 6.45) is 4.32. The second-order valence-corrected chi connectivity index (χ2v) is 8.35. The van der Waals surface area contributed by atoms with E-state index in [-0.39, 0.29) is 23.7 Å². The van der Waals surface area contributed by atoms with E-state index >= 15 is 0 Å². The lowest BCUT2D eigenvalue weighted by Gasteiger charge is -2.36. The molecule has 7 heteroatoms. The zero-order valence-electron chi connectivity index (χ0n) is 16.1. The van der Waals surface area contributed by atoms with E-state index in [4.69, 9.17) is 9.47 Å². The number of carbonyl (C=O) groups is 2. The summed E-state index contributed by atoms with van der Waals surface area (Å²) >= 11 is 1.40. The fourth-order valence-corrected chi connectivity index (χ4v) is 5.08. The minimum atomic E-state index is -0.0959. The van der Waals surface area contributed by atoms with Crippen LogP contribution < -0.4 is 14.8 Å². The Morgan fingerprint density at radius 3 is 2.54 bits per heavy atom. The average molecular weight is 401 g/mol. The summed E-state index contributed by atoms with van der Waals surface area (Å²) in [7, 11) is 3.19. The molecule has 148 valence electrons. The standard InChI is InChI=1S/C21H24N2O4S/c1-26-17-7-6-12(10-18(17)27-2)16-11-28-21(22-16)23-20(25)15-8-13-4-3-5-14(9-15)19(13)24/h6-7,10-11,13-15H,3-5,8-9H2,1-2H3,(H,22,23,25). The van der Waals surface area contributed by atoms with Crippen molar-refractivity contribution in [3.8, 4) is 22.8 Å². The first-order valence-electron chi connectivity index (χ1n) is 9.61. The number of ether oxygens (including phenoxy) is 2. The van der Waals surface area contributed by atoms with E-state index < -0.39 is 0 Å². The van der Waals surface area contributed by atoms with Crippen LogP contribution in [0.2, 0.25) is 0 Å². The lowest BCUT2D eigenvalue weighted by atomic mass is 9.67. The SMILES string of the molecule is COc1ccc(-c2csc(NC(=O)C3CC4CCCC(C3)C4=O)n2)cc1OC. The molecule has 0 saturated heterocycles. The molecule has 28 heavy (non-hydrogen) atoms. The van der Waals surface area contributed by atoms with Crippen LogP contribution in [-0.4, -0.2) is 30.9 Å². The normalized spacial score (nSPS) is 23.9. The largest absolute Gasteiger partial charge is 0.493 e. The molecule has 4 rings (SSSR count). The summed E-state index contributed by atoms with van der Waals surface area (Å²) in [6, 6.07) is 5.62. The molecule has 1 amide bonds. The zero-order valence-corrected chi connectivity index (χ0v) is 16.9. The van der Waals surface area contributed by atoms with Crippen molar-refractivity contribution in [3.63, 3.8) is 0 Å². The van der Waals surface area contributed by atoms with Gasteiger partial charge in [0.2, 0.25) is 5.91 Å². The fraction of sp³-hybridized carbons (Fsp3) is 0.476. The summed E-state index contributed by atoms with van der Waals surface area (Å²) < 4.78 is 10.6. The van der Waals surface area contributed by atoms with Crippen molar-refractivity contribution in [1.82, 2.24) is 4.98 Å². The average Bonchev–Trinajstić information content (AvgIpc) is 3.15. The number of carbonyl (C=O) groups excluding carboxylic acids is 2. The number of nitrogens with zero attached hydrogens (tertiary/aromatic N) is 1. The van der Waals surface area contributed by atoms with Gasteiger partial charge in [-0.2, -0.15) is 0 Å². The number of anilines is 1. The minimum absolute atomic E-state index is 0.0161. The Morgan fingerprint density at radius 2 is 1.86 bits per heavy atom. The van der Waals surface area contributed by atoms with Crippen molar-refractivity contribution in [2.45, 2.75) is 32.1 Å². The number of hydrogen-bond acceptors (Lipinski definition) is 6. The summed E-state index contributed by atoms with van der Waals surface area (Å²) in [6.45, 7) is 0. The molecule has 2 atom stereocenters. The van der Waals surface area contributed by atoms with E-state index in [1.54, 1.807) is 14.2 Å². The van der Waals surface area contributed by atoms with Crippen molar-refractivity contribution in [1.29, 1.82) is 0 Å². The highest BCUT2D eigenvalue weighted by molar-refractivity contribution is 7.14. The van der Waals surface area contributed by atoms with Crippen LogP contribution in [0.1, 0.15) is 32.1 Å². The zero-order chi connectivity index (χ0) is 19.7. The van der Waals surface area contributed by atoms with Crippen LogP contribution in [0.3, 0.4) is 0 Å². The molecule has 6 nitrogen and oxygen atoms in total. The van der Waals surface area contributed by atoms with Gasteiger partial charge in [0.05, 0.1) is 19.9 Å². The number of nitrogens with one attached hydrogen (secondary N) is 1. The van der Waals surface area contributed by atoms with Gasteiger partial charge in [0.25, 0.3) is 0 Å². The molecule has 1 aromatic heterocycles. The van der Waals surface area contributed by atoms with Crippen molar-refractivity contribution >= 4 is 28.2 Å². The molecular weight excluding hydrogens is 376 g/mol. The molecule has 2 saturated carbocycles. The van der Waals surface area contributed by atoms with Crippen molar-refractivity contribution in [2.75, 3.05) is 19.5 Å². The smallest absolute Gasteiger partial charge is 0.229 e. The molecule has 2 bridgehead atoms. The van der Waals surface area contributed by atoms with Gasteiger partial charge in [-0.25, -0.2) is 4.98 Å². The number of benzene rings is 1. The number of ketones is 1. The molecule has 0 spiro atoms. The molecule has 2 aromatic rings. The van der Waals surface area contributed by atoms with Gasteiger partial charge >= 0.3 is 0 Å². The fourth-order valence-electron chi connectivity index (χ4n) is 4.36. The number of aromatic nitrogens is 1. The Bertz CT molecular complexity index is 878. The van der Waals surface area contributed by atoms with Gasteiger partial charge < -0.3 is 14.8 Å². The third kappa shape index (κ3) is 3.63. The second-order valence-electron chi connectivity index (χ2n) is 7.49. The van der Waals surface area contributed by atoms with Gasteiger partial charge in [0.1, 0.15) is 5.78 Å². The van der Waals surface area contributed by atoms with E-state index in [1.165, 1.54) is 11.3 Å². The van der Waals surface area contributed by atoms with Crippen LogP contribution in [0.15, 0.2) is 23.6 Å². The maximum atomic E-state index is 12.7. The number of amides is 1. The first-order chi connectivity index (χ1) is 13.6. The molecule has 1 N–H and O–H groups in total. The number of fused-ring (bicyclic) bond motifs is 2. The van der Waals surface area contributed by atoms with E-state index in [0.717, 1.165) is 30.5 Å². The number of thiazole rings is 1. The van der Waals surface area contributed by atoms with Gasteiger partial charge in [-0.15, -0.1) is 11.3 Å². The maximum absolute atomic E-state index is 12.7. The van der Waals surface area contributed by atoms with Crippen LogP contribution in [0.25, 0.3) is 11.3 Å². The third-order valence-corrected chi connectivity index (χ3v) is 6.59. The molecule has 2 aliphatic carbocycles. The lowest BCUT2D eigenvalue weighted by molar-refractivity contribution is -0.136. The predicted octanol–water partition coefficient (Wildman–Crippen LogP) is 4.16. The number of Topliss-reactive ketones (excluding diaryl/α,β-unsaturated/α-hetero) is 1. The molecule has 0 aliphatic heterocycles. The predicted molar refractivity (Wildman–Crippen MR) is 108 cm³/mol. The molecule has 1 heterocycles.